The van der Waals surface area contributed by atoms with E-state index in [1.165, 1.54) is 24.1 Å². The van der Waals surface area contributed by atoms with Crippen molar-refractivity contribution in [2.45, 2.75) is 33.6 Å². The maximum Gasteiger partial charge on any atom is 0.0991 e. The predicted molar refractivity (Wildman–Crippen MR) is 68.7 cm³/mol. The summed E-state index contributed by atoms with van der Waals surface area (Å²) in [4.78, 5) is 2.37. The van der Waals surface area contributed by atoms with Crippen LogP contribution in [-0.2, 0) is 0 Å². The molecular formula is C14H20N2. The third-order valence-electron chi connectivity index (χ3n) is 2.83. The molecule has 2 heteroatoms. The molecule has 0 N–H and O–H groups in total. The lowest BCUT2D eigenvalue weighted by Gasteiger charge is -2.24. The summed E-state index contributed by atoms with van der Waals surface area (Å²) in [6.45, 7) is 8.57. The average Bonchev–Trinajstić information content (AvgIpc) is 2.31. The minimum atomic E-state index is 0.743. The fraction of sp³-hybridized carbons (Fsp3) is 0.500. The van der Waals surface area contributed by atoms with Gasteiger partial charge in [-0.05, 0) is 44.0 Å². The molecule has 1 rings (SSSR count). The Labute approximate surface area is 98.5 Å². The Morgan fingerprint density at radius 1 is 1.31 bits per heavy atom. The summed E-state index contributed by atoms with van der Waals surface area (Å²) in [5.41, 5.74) is 3.19. The lowest BCUT2D eigenvalue weighted by molar-refractivity contribution is 0.730. The molecule has 16 heavy (non-hydrogen) atoms. The van der Waals surface area contributed by atoms with Gasteiger partial charge in [0.05, 0.1) is 11.6 Å². The highest BCUT2D eigenvalue weighted by molar-refractivity contribution is 5.56. The molecule has 86 valence electrons. The van der Waals surface area contributed by atoms with E-state index in [9.17, 15) is 0 Å². The van der Waals surface area contributed by atoms with Crippen molar-refractivity contribution in [3.63, 3.8) is 0 Å². The van der Waals surface area contributed by atoms with Crippen molar-refractivity contribution in [3.05, 3.63) is 29.3 Å². The Kier molecular flexibility index (Phi) is 4.85. The van der Waals surface area contributed by atoms with E-state index in [4.69, 9.17) is 5.26 Å². The quantitative estimate of drug-likeness (QED) is 0.753. The van der Waals surface area contributed by atoms with E-state index in [1.54, 1.807) is 0 Å². The van der Waals surface area contributed by atoms with Crippen molar-refractivity contribution >= 4 is 5.69 Å². The zero-order valence-corrected chi connectivity index (χ0v) is 10.5. The van der Waals surface area contributed by atoms with Crippen LogP contribution in [-0.4, -0.2) is 13.1 Å². The SMILES string of the molecule is CCCCN(CC)c1ccc(C#N)cc1C. The van der Waals surface area contributed by atoms with E-state index in [0.29, 0.717) is 0 Å². The molecular weight excluding hydrogens is 196 g/mol. The molecule has 0 unspecified atom stereocenters. The second kappa shape index (κ2) is 6.17. The Bertz CT molecular complexity index is 377. The van der Waals surface area contributed by atoms with Crippen LogP contribution in [0.5, 0.6) is 0 Å². The first-order valence-electron chi connectivity index (χ1n) is 5.98. The summed E-state index contributed by atoms with van der Waals surface area (Å²) < 4.78 is 0. The summed E-state index contributed by atoms with van der Waals surface area (Å²) in [5.74, 6) is 0. The van der Waals surface area contributed by atoms with E-state index in [-0.39, 0.29) is 0 Å². The van der Waals surface area contributed by atoms with Gasteiger partial charge in [0.25, 0.3) is 0 Å². The molecule has 1 aromatic rings. The Balaban J connectivity index is 2.89. The predicted octanol–water partition coefficient (Wildman–Crippen LogP) is 3.49. The van der Waals surface area contributed by atoms with Crippen LogP contribution in [0, 0.1) is 18.3 Å². The fourth-order valence-corrected chi connectivity index (χ4v) is 1.88. The molecule has 0 aliphatic carbocycles. The average molecular weight is 216 g/mol. The van der Waals surface area contributed by atoms with Gasteiger partial charge in [-0.3, -0.25) is 0 Å². The number of nitriles is 1. The molecule has 0 radical (unpaired) electrons. The molecule has 0 saturated carbocycles. The van der Waals surface area contributed by atoms with Crippen LogP contribution < -0.4 is 4.90 Å². The van der Waals surface area contributed by atoms with Crippen molar-refractivity contribution in [3.8, 4) is 6.07 Å². The van der Waals surface area contributed by atoms with Gasteiger partial charge in [0, 0.05) is 18.8 Å². The van der Waals surface area contributed by atoms with Gasteiger partial charge in [-0.25, -0.2) is 0 Å². The smallest absolute Gasteiger partial charge is 0.0991 e. The topological polar surface area (TPSA) is 27.0 Å². The monoisotopic (exact) mass is 216 g/mol. The van der Waals surface area contributed by atoms with Crippen molar-refractivity contribution in [1.29, 1.82) is 5.26 Å². The van der Waals surface area contributed by atoms with Gasteiger partial charge in [0.2, 0.25) is 0 Å². The summed E-state index contributed by atoms with van der Waals surface area (Å²) in [7, 11) is 0. The maximum atomic E-state index is 8.83. The van der Waals surface area contributed by atoms with Crippen molar-refractivity contribution in [1.82, 2.24) is 0 Å². The van der Waals surface area contributed by atoms with E-state index >= 15 is 0 Å². The first kappa shape index (κ1) is 12.6. The van der Waals surface area contributed by atoms with E-state index in [2.05, 4.69) is 37.8 Å². The fourth-order valence-electron chi connectivity index (χ4n) is 1.88. The first-order chi connectivity index (χ1) is 7.72. The molecule has 1 aromatic carbocycles. The van der Waals surface area contributed by atoms with Gasteiger partial charge < -0.3 is 4.90 Å². The zero-order chi connectivity index (χ0) is 12.0. The lowest BCUT2D eigenvalue weighted by atomic mass is 10.1. The van der Waals surface area contributed by atoms with E-state index in [0.717, 1.165) is 18.7 Å². The van der Waals surface area contributed by atoms with E-state index in [1.807, 2.05) is 12.1 Å². The molecule has 0 spiro atoms. The minimum absolute atomic E-state index is 0.743. The number of benzene rings is 1. The standard InChI is InChI=1S/C14H20N2/c1-4-6-9-16(5-2)14-8-7-13(11-15)10-12(14)3/h7-8,10H,4-6,9H2,1-3H3. The lowest BCUT2D eigenvalue weighted by Crippen LogP contribution is -2.24. The highest BCUT2D eigenvalue weighted by atomic mass is 15.1. The highest BCUT2D eigenvalue weighted by Gasteiger charge is 2.07. The van der Waals surface area contributed by atoms with Crippen LogP contribution >= 0.6 is 0 Å². The third kappa shape index (κ3) is 3.00. The normalized spacial score (nSPS) is 9.88. The number of unbranched alkanes of at least 4 members (excludes halogenated alkanes) is 1. The molecule has 0 bridgehead atoms. The summed E-state index contributed by atoms with van der Waals surface area (Å²) in [5, 5.41) is 8.83. The molecule has 0 heterocycles. The number of nitrogens with zero attached hydrogens (tertiary/aromatic N) is 2. The molecule has 0 atom stereocenters. The van der Waals surface area contributed by atoms with Crippen LogP contribution in [0.4, 0.5) is 5.69 Å². The van der Waals surface area contributed by atoms with Crippen molar-refractivity contribution < 1.29 is 0 Å². The molecule has 0 fully saturated rings. The van der Waals surface area contributed by atoms with Crippen molar-refractivity contribution in [2.75, 3.05) is 18.0 Å². The summed E-state index contributed by atoms with van der Waals surface area (Å²) >= 11 is 0. The van der Waals surface area contributed by atoms with Gasteiger partial charge in [0.15, 0.2) is 0 Å². The zero-order valence-electron chi connectivity index (χ0n) is 10.5. The Morgan fingerprint density at radius 3 is 2.56 bits per heavy atom. The van der Waals surface area contributed by atoms with Gasteiger partial charge in [0.1, 0.15) is 0 Å². The van der Waals surface area contributed by atoms with Gasteiger partial charge in [-0.2, -0.15) is 5.26 Å². The molecule has 0 saturated heterocycles. The third-order valence-corrected chi connectivity index (χ3v) is 2.83. The van der Waals surface area contributed by atoms with Crippen LogP contribution in [0.1, 0.15) is 37.8 Å². The van der Waals surface area contributed by atoms with Gasteiger partial charge >= 0.3 is 0 Å². The minimum Gasteiger partial charge on any atom is -0.372 e. The first-order valence-corrected chi connectivity index (χ1v) is 5.98. The molecule has 0 amide bonds. The second-order valence-corrected chi connectivity index (χ2v) is 4.05. The number of hydrogen-bond donors (Lipinski definition) is 0. The Hall–Kier alpha value is -1.49. The van der Waals surface area contributed by atoms with E-state index < -0.39 is 0 Å². The number of aryl methyl sites for hydroxylation is 1. The van der Waals surface area contributed by atoms with Crippen LogP contribution in [0.2, 0.25) is 0 Å². The molecule has 0 aliphatic rings. The summed E-state index contributed by atoms with van der Waals surface area (Å²) in [6, 6.07) is 8.10. The summed E-state index contributed by atoms with van der Waals surface area (Å²) in [6.07, 6.45) is 2.43. The van der Waals surface area contributed by atoms with Gasteiger partial charge in [-0.15, -0.1) is 0 Å². The molecule has 0 aromatic heterocycles. The van der Waals surface area contributed by atoms with Crippen molar-refractivity contribution in [2.24, 2.45) is 0 Å². The number of hydrogen-bond acceptors (Lipinski definition) is 2. The van der Waals surface area contributed by atoms with Crippen LogP contribution in [0.15, 0.2) is 18.2 Å². The van der Waals surface area contributed by atoms with Gasteiger partial charge in [-0.1, -0.05) is 13.3 Å². The van der Waals surface area contributed by atoms with Crippen LogP contribution in [0.3, 0.4) is 0 Å². The molecule has 0 aliphatic heterocycles. The largest absolute Gasteiger partial charge is 0.372 e. The number of anilines is 1. The maximum absolute atomic E-state index is 8.83. The number of rotatable bonds is 5. The molecule has 2 nitrogen and oxygen atoms in total. The van der Waals surface area contributed by atoms with Crippen LogP contribution in [0.25, 0.3) is 0 Å². The highest BCUT2D eigenvalue weighted by Crippen LogP contribution is 2.21. The Morgan fingerprint density at radius 2 is 2.06 bits per heavy atom. The second-order valence-electron chi connectivity index (χ2n) is 4.05.